The van der Waals surface area contributed by atoms with E-state index in [1.54, 1.807) is 24.3 Å². The van der Waals surface area contributed by atoms with Crippen molar-refractivity contribution in [3.05, 3.63) is 72.3 Å². The Balaban J connectivity index is 2.00. The topological polar surface area (TPSA) is 43.4 Å². The molecule has 0 amide bonds. The highest BCUT2D eigenvalue weighted by atomic mass is 32.2. The van der Waals surface area contributed by atoms with Gasteiger partial charge in [-0.2, -0.15) is 0 Å². The van der Waals surface area contributed by atoms with Crippen molar-refractivity contribution >= 4 is 21.6 Å². The molecule has 4 rings (SSSR count). The average molecular weight is 397 g/mol. The van der Waals surface area contributed by atoms with Crippen molar-refractivity contribution in [1.29, 1.82) is 0 Å². The van der Waals surface area contributed by atoms with Crippen molar-refractivity contribution in [2.75, 3.05) is 0 Å². The molecule has 0 saturated heterocycles. The maximum absolute atomic E-state index is 13.5. The van der Waals surface area contributed by atoms with Gasteiger partial charge in [-0.15, -0.1) is 0 Å². The molecule has 0 radical (unpaired) electrons. The van der Waals surface area contributed by atoms with Crippen molar-refractivity contribution in [3.63, 3.8) is 0 Å². The Morgan fingerprint density at radius 1 is 0.778 bits per heavy atom. The first-order chi connectivity index (χ1) is 13.1. The van der Waals surface area contributed by atoms with Crippen molar-refractivity contribution in [2.45, 2.75) is 45.8 Å². The second kappa shape index (κ2) is 7.41. The molecular weight excluding hydrogens is 376 g/mol. The van der Waals surface area contributed by atoms with Gasteiger partial charge in [0.1, 0.15) is 11.5 Å². The zero-order chi connectivity index (χ0) is 19.0. The number of fused-ring (bicyclic) bond motifs is 3. The van der Waals surface area contributed by atoms with Gasteiger partial charge >= 0.3 is 0 Å². The number of hydrogen-bond acceptors (Lipinski definition) is 3. The van der Waals surface area contributed by atoms with Crippen molar-refractivity contribution < 1.29 is 13.2 Å². The van der Waals surface area contributed by atoms with E-state index in [9.17, 15) is 8.42 Å². The van der Waals surface area contributed by atoms with Crippen LogP contribution < -0.4 is 4.74 Å². The third kappa shape index (κ3) is 3.26. The molecule has 3 aromatic rings. The normalized spacial score (nSPS) is 19.3. The van der Waals surface area contributed by atoms with Crippen LogP contribution in [0.25, 0.3) is 0 Å². The number of benzene rings is 3. The van der Waals surface area contributed by atoms with Crippen molar-refractivity contribution in [3.8, 4) is 11.5 Å². The lowest BCUT2D eigenvalue weighted by atomic mass is 9.99. The minimum atomic E-state index is -1.49. The Morgan fingerprint density at radius 2 is 1.33 bits per heavy atom. The molecule has 3 nitrogen and oxygen atoms in total. The van der Waals surface area contributed by atoms with E-state index in [0.29, 0.717) is 37.0 Å². The van der Waals surface area contributed by atoms with Crippen molar-refractivity contribution in [1.82, 2.24) is 0 Å². The lowest BCUT2D eigenvalue weighted by molar-refractivity contribution is 0.457. The summed E-state index contributed by atoms with van der Waals surface area (Å²) in [5.74, 6) is 1.43. The fourth-order valence-electron chi connectivity index (χ4n) is 3.10. The number of para-hydroxylation sites is 1. The Morgan fingerprint density at radius 3 is 2.00 bits per heavy atom. The molecular formula is C22H20O3S2. The third-order valence-electron chi connectivity index (χ3n) is 4.87. The third-order valence-corrected chi connectivity index (χ3v) is 7.96. The van der Waals surface area contributed by atoms with Crippen LogP contribution in [0.3, 0.4) is 0 Å². The van der Waals surface area contributed by atoms with E-state index in [1.165, 1.54) is 0 Å². The maximum atomic E-state index is 13.5. The largest absolute Gasteiger partial charge is 0.455 e. The standard InChI is InChI=1S/C22H20O3S2/c1-3-15(2)16-12-13-18-22(14-16)27(24)21-11-7-6-10-20(21)26(23)19-9-5-4-8-17(19)25-18/h4-15H,3H2,1-2H3. The van der Waals surface area contributed by atoms with Gasteiger partial charge in [-0.25, -0.2) is 8.42 Å². The van der Waals surface area contributed by atoms with Crippen LogP contribution >= 0.6 is 0 Å². The molecule has 1 aliphatic rings. The first-order valence-electron chi connectivity index (χ1n) is 8.93. The highest BCUT2D eigenvalue weighted by Gasteiger charge is 2.25. The van der Waals surface area contributed by atoms with Gasteiger partial charge in [-0.1, -0.05) is 44.2 Å². The van der Waals surface area contributed by atoms with Crippen LogP contribution in [0, 0.1) is 0 Å². The van der Waals surface area contributed by atoms with Gasteiger partial charge in [-0.3, -0.25) is 0 Å². The quantitative estimate of drug-likeness (QED) is 0.440. The summed E-state index contributed by atoms with van der Waals surface area (Å²) in [6.07, 6.45) is 0.996. The molecule has 0 aromatic heterocycles. The van der Waals surface area contributed by atoms with E-state index in [-0.39, 0.29) is 0 Å². The predicted octanol–water partition coefficient (Wildman–Crippen LogP) is 5.64. The Kier molecular flexibility index (Phi) is 4.98. The number of rotatable bonds is 2. The molecule has 0 aliphatic carbocycles. The zero-order valence-electron chi connectivity index (χ0n) is 15.2. The fraction of sp³-hybridized carbons (Fsp3) is 0.182. The summed E-state index contributed by atoms with van der Waals surface area (Å²) < 4.78 is 32.9. The molecule has 27 heavy (non-hydrogen) atoms. The Labute approximate surface area is 164 Å². The van der Waals surface area contributed by atoms with Gasteiger partial charge in [0.2, 0.25) is 0 Å². The molecule has 5 heteroatoms. The van der Waals surface area contributed by atoms with Gasteiger partial charge in [-0.05, 0) is 54.3 Å². The predicted molar refractivity (Wildman–Crippen MR) is 107 cm³/mol. The van der Waals surface area contributed by atoms with E-state index in [0.717, 1.165) is 12.0 Å². The molecule has 3 atom stereocenters. The summed E-state index contributed by atoms with van der Waals surface area (Å²) in [4.78, 5) is 2.34. The van der Waals surface area contributed by atoms with Gasteiger partial charge < -0.3 is 4.74 Å². The molecule has 3 unspecified atom stereocenters. The maximum Gasteiger partial charge on any atom is 0.144 e. The lowest BCUT2D eigenvalue weighted by Gasteiger charge is -2.15. The van der Waals surface area contributed by atoms with Crippen LogP contribution in [-0.4, -0.2) is 8.42 Å². The minimum Gasteiger partial charge on any atom is -0.455 e. The molecule has 138 valence electrons. The summed E-state index contributed by atoms with van der Waals surface area (Å²) >= 11 is 0. The van der Waals surface area contributed by atoms with Gasteiger partial charge in [0.15, 0.2) is 0 Å². The molecule has 0 bridgehead atoms. The van der Waals surface area contributed by atoms with Crippen LogP contribution in [0.5, 0.6) is 11.5 Å². The summed E-state index contributed by atoms with van der Waals surface area (Å²) in [6, 6.07) is 20.4. The highest BCUT2D eigenvalue weighted by Crippen LogP contribution is 2.40. The molecule has 1 aliphatic heterocycles. The highest BCUT2D eigenvalue weighted by molar-refractivity contribution is 7.88. The van der Waals surface area contributed by atoms with Crippen LogP contribution in [0.4, 0.5) is 0 Å². The molecule has 0 N–H and O–H groups in total. The zero-order valence-corrected chi connectivity index (χ0v) is 16.8. The fourth-order valence-corrected chi connectivity index (χ4v) is 5.96. The lowest BCUT2D eigenvalue weighted by Crippen LogP contribution is -2.01. The van der Waals surface area contributed by atoms with E-state index in [1.807, 2.05) is 42.5 Å². The second-order valence-electron chi connectivity index (χ2n) is 6.55. The SMILES string of the molecule is CCC(C)c1ccc2c(c1)S(=O)c1ccccc1S(=O)c1ccccc1O2. The molecule has 1 heterocycles. The molecule has 3 aromatic carbocycles. The molecule has 0 fully saturated rings. The first-order valence-corrected chi connectivity index (χ1v) is 11.2. The van der Waals surface area contributed by atoms with Crippen LogP contribution in [0.2, 0.25) is 0 Å². The summed E-state index contributed by atoms with van der Waals surface area (Å²) in [6.45, 7) is 4.29. The van der Waals surface area contributed by atoms with Gasteiger partial charge in [0, 0.05) is 0 Å². The first kappa shape index (κ1) is 18.1. The minimum absolute atomic E-state index is 0.358. The average Bonchev–Trinajstić information content (AvgIpc) is 2.75. The monoisotopic (exact) mass is 396 g/mol. The summed E-state index contributed by atoms with van der Waals surface area (Å²) in [5.41, 5.74) is 1.12. The Bertz CT molecular complexity index is 1060. The van der Waals surface area contributed by atoms with E-state index < -0.39 is 21.6 Å². The second-order valence-corrected chi connectivity index (χ2v) is 9.38. The molecule has 0 saturated carbocycles. The van der Waals surface area contributed by atoms with E-state index in [4.69, 9.17) is 4.74 Å². The van der Waals surface area contributed by atoms with E-state index >= 15 is 0 Å². The molecule has 0 spiro atoms. The smallest absolute Gasteiger partial charge is 0.144 e. The van der Waals surface area contributed by atoms with Crippen molar-refractivity contribution in [2.24, 2.45) is 0 Å². The summed E-state index contributed by atoms with van der Waals surface area (Å²) in [7, 11) is -2.96. The summed E-state index contributed by atoms with van der Waals surface area (Å²) in [5, 5.41) is 0. The number of hydrogen-bond donors (Lipinski definition) is 0. The van der Waals surface area contributed by atoms with Crippen LogP contribution in [0.1, 0.15) is 31.7 Å². The van der Waals surface area contributed by atoms with Gasteiger partial charge in [0.25, 0.3) is 0 Å². The van der Waals surface area contributed by atoms with E-state index in [2.05, 4.69) is 13.8 Å². The van der Waals surface area contributed by atoms with Gasteiger partial charge in [0.05, 0.1) is 41.2 Å². The number of ether oxygens (including phenoxy) is 1. The van der Waals surface area contributed by atoms with Crippen LogP contribution in [0.15, 0.2) is 86.3 Å². The Hall–Kier alpha value is -2.24. The van der Waals surface area contributed by atoms with Crippen LogP contribution in [-0.2, 0) is 21.6 Å².